The molecule has 0 saturated heterocycles. The highest BCUT2D eigenvalue weighted by Gasteiger charge is 1.99. The van der Waals surface area contributed by atoms with Gasteiger partial charge >= 0.3 is 0 Å². The number of rotatable bonds is 2. The zero-order chi connectivity index (χ0) is 9.97. The van der Waals surface area contributed by atoms with Crippen LogP contribution in [0.1, 0.15) is 16.0 Å². The van der Waals surface area contributed by atoms with Gasteiger partial charge in [0.05, 0.1) is 5.51 Å². The maximum absolute atomic E-state index is 5.84. The maximum Gasteiger partial charge on any atom is 0.0794 e. The van der Waals surface area contributed by atoms with Crippen molar-refractivity contribution in [1.82, 2.24) is 4.98 Å². The van der Waals surface area contributed by atoms with Crippen LogP contribution in [0.25, 0.3) is 0 Å². The van der Waals surface area contributed by atoms with Crippen LogP contribution in [0.5, 0.6) is 0 Å². The van der Waals surface area contributed by atoms with Crippen molar-refractivity contribution >= 4 is 17.0 Å². The fourth-order valence-corrected chi connectivity index (χ4v) is 1.96. The quantitative estimate of drug-likeness (QED) is 0.764. The Morgan fingerprint density at radius 3 is 2.93 bits per heavy atom. The van der Waals surface area contributed by atoms with Gasteiger partial charge in [-0.15, -0.1) is 11.3 Å². The zero-order valence-electron chi connectivity index (χ0n) is 8.03. The van der Waals surface area contributed by atoms with E-state index in [1.807, 2.05) is 24.7 Å². The Morgan fingerprint density at radius 2 is 2.29 bits per heavy atom. The van der Waals surface area contributed by atoms with E-state index in [4.69, 9.17) is 5.73 Å². The van der Waals surface area contributed by atoms with Crippen LogP contribution in [0.3, 0.4) is 0 Å². The minimum Gasteiger partial charge on any atom is -0.399 e. The minimum atomic E-state index is 0.868. The van der Waals surface area contributed by atoms with Crippen molar-refractivity contribution < 1.29 is 0 Å². The number of anilines is 1. The van der Waals surface area contributed by atoms with Crippen molar-refractivity contribution in [2.75, 3.05) is 5.73 Å². The number of aryl methyl sites for hydroxylation is 1. The summed E-state index contributed by atoms with van der Waals surface area (Å²) in [6, 6.07) is 6.21. The van der Waals surface area contributed by atoms with E-state index in [9.17, 15) is 0 Å². The molecule has 0 fully saturated rings. The van der Waals surface area contributed by atoms with Gasteiger partial charge in [0, 0.05) is 23.2 Å². The van der Waals surface area contributed by atoms with Crippen molar-refractivity contribution in [2.24, 2.45) is 0 Å². The maximum atomic E-state index is 5.84. The Morgan fingerprint density at radius 1 is 1.43 bits per heavy atom. The monoisotopic (exact) mass is 204 g/mol. The normalized spacial score (nSPS) is 10.4. The van der Waals surface area contributed by atoms with E-state index in [0.717, 1.165) is 17.7 Å². The van der Waals surface area contributed by atoms with Gasteiger partial charge in [0.2, 0.25) is 0 Å². The van der Waals surface area contributed by atoms with E-state index in [2.05, 4.69) is 17.1 Å². The van der Waals surface area contributed by atoms with Crippen LogP contribution in [-0.4, -0.2) is 4.98 Å². The Bertz CT molecular complexity index is 421. The summed E-state index contributed by atoms with van der Waals surface area (Å²) >= 11 is 1.68. The molecule has 0 aliphatic heterocycles. The lowest BCUT2D eigenvalue weighted by Crippen LogP contribution is -1.92. The molecule has 2 rings (SSSR count). The second-order valence-corrected chi connectivity index (χ2v) is 4.31. The largest absolute Gasteiger partial charge is 0.399 e. The topological polar surface area (TPSA) is 38.9 Å². The molecule has 14 heavy (non-hydrogen) atoms. The van der Waals surface area contributed by atoms with Crippen LogP contribution < -0.4 is 5.73 Å². The average molecular weight is 204 g/mol. The van der Waals surface area contributed by atoms with E-state index in [1.165, 1.54) is 10.4 Å². The molecule has 0 radical (unpaired) electrons. The molecular formula is C11H12N2S. The molecule has 0 spiro atoms. The Labute approximate surface area is 87.4 Å². The van der Waals surface area contributed by atoms with Crippen LogP contribution in [0.4, 0.5) is 5.69 Å². The molecule has 1 aromatic heterocycles. The van der Waals surface area contributed by atoms with Gasteiger partial charge in [0.1, 0.15) is 0 Å². The first-order chi connectivity index (χ1) is 6.75. The molecule has 0 aliphatic carbocycles. The number of hydrogen-bond acceptors (Lipinski definition) is 3. The Balaban J connectivity index is 2.22. The highest BCUT2D eigenvalue weighted by molar-refractivity contribution is 7.09. The second-order valence-electron chi connectivity index (χ2n) is 3.34. The van der Waals surface area contributed by atoms with Crippen molar-refractivity contribution in [3.63, 3.8) is 0 Å². The van der Waals surface area contributed by atoms with Gasteiger partial charge in [-0.05, 0) is 24.1 Å². The molecular weight excluding hydrogens is 192 g/mol. The molecule has 0 saturated carbocycles. The first-order valence-electron chi connectivity index (χ1n) is 4.48. The third-order valence-corrected chi connectivity index (χ3v) is 2.99. The summed E-state index contributed by atoms with van der Waals surface area (Å²) in [5.74, 6) is 0. The average Bonchev–Trinajstić information content (AvgIpc) is 2.64. The summed E-state index contributed by atoms with van der Waals surface area (Å²) in [5, 5.41) is 0. The lowest BCUT2D eigenvalue weighted by Gasteiger charge is -2.03. The summed E-state index contributed by atoms with van der Waals surface area (Å²) in [7, 11) is 0. The van der Waals surface area contributed by atoms with E-state index < -0.39 is 0 Å². The Kier molecular flexibility index (Phi) is 2.50. The molecule has 0 amide bonds. The summed E-state index contributed by atoms with van der Waals surface area (Å²) in [6.45, 7) is 2.02. The van der Waals surface area contributed by atoms with E-state index >= 15 is 0 Å². The molecule has 1 aromatic carbocycles. The molecule has 0 bridgehead atoms. The van der Waals surface area contributed by atoms with Crippen molar-refractivity contribution in [2.45, 2.75) is 13.3 Å². The lowest BCUT2D eigenvalue weighted by molar-refractivity contribution is 1.21. The van der Waals surface area contributed by atoms with Crippen LogP contribution in [0, 0.1) is 6.92 Å². The van der Waals surface area contributed by atoms with E-state index in [1.54, 1.807) is 11.3 Å². The zero-order valence-corrected chi connectivity index (χ0v) is 8.84. The SMILES string of the molecule is Cc1ccc(Cc2cncs2)cc1N. The van der Waals surface area contributed by atoms with E-state index in [0.29, 0.717) is 0 Å². The summed E-state index contributed by atoms with van der Waals surface area (Å²) in [4.78, 5) is 5.32. The predicted molar refractivity (Wildman–Crippen MR) is 60.5 cm³/mol. The number of benzene rings is 1. The van der Waals surface area contributed by atoms with Gasteiger partial charge in [0.25, 0.3) is 0 Å². The predicted octanol–water partition coefficient (Wildman–Crippen LogP) is 2.62. The number of thiazole rings is 1. The van der Waals surface area contributed by atoms with Crippen molar-refractivity contribution in [3.05, 3.63) is 45.9 Å². The molecule has 2 nitrogen and oxygen atoms in total. The minimum absolute atomic E-state index is 0.868. The summed E-state index contributed by atoms with van der Waals surface area (Å²) in [6.07, 6.45) is 2.83. The highest BCUT2D eigenvalue weighted by atomic mass is 32.1. The first kappa shape index (κ1) is 9.21. The molecule has 0 aliphatic rings. The van der Waals surface area contributed by atoms with Crippen molar-refractivity contribution in [1.29, 1.82) is 0 Å². The van der Waals surface area contributed by atoms with Crippen LogP contribution in [0.15, 0.2) is 29.9 Å². The van der Waals surface area contributed by atoms with Crippen LogP contribution in [0.2, 0.25) is 0 Å². The lowest BCUT2D eigenvalue weighted by atomic mass is 10.1. The number of nitrogens with two attached hydrogens (primary N) is 1. The third-order valence-electron chi connectivity index (χ3n) is 2.21. The fraction of sp³-hybridized carbons (Fsp3) is 0.182. The fourth-order valence-electron chi connectivity index (χ4n) is 1.33. The number of nitrogens with zero attached hydrogens (tertiary/aromatic N) is 1. The standard InChI is InChI=1S/C11H12N2S/c1-8-2-3-9(5-11(8)12)4-10-6-13-7-14-10/h2-3,5-7H,4,12H2,1H3. The van der Waals surface area contributed by atoms with Crippen LogP contribution in [-0.2, 0) is 6.42 Å². The molecule has 2 aromatic rings. The molecule has 72 valence electrons. The van der Waals surface area contributed by atoms with Gasteiger partial charge in [-0.25, -0.2) is 0 Å². The van der Waals surface area contributed by atoms with Gasteiger partial charge in [-0.2, -0.15) is 0 Å². The number of hydrogen-bond donors (Lipinski definition) is 1. The number of aromatic nitrogens is 1. The van der Waals surface area contributed by atoms with Gasteiger partial charge in [0.15, 0.2) is 0 Å². The van der Waals surface area contributed by atoms with Gasteiger partial charge < -0.3 is 5.73 Å². The highest BCUT2D eigenvalue weighted by Crippen LogP contribution is 2.17. The molecule has 3 heteroatoms. The van der Waals surface area contributed by atoms with Gasteiger partial charge in [-0.1, -0.05) is 12.1 Å². The molecule has 0 atom stereocenters. The molecule has 2 N–H and O–H groups in total. The third kappa shape index (κ3) is 1.93. The Hall–Kier alpha value is -1.35. The first-order valence-corrected chi connectivity index (χ1v) is 5.36. The summed E-state index contributed by atoms with van der Waals surface area (Å²) < 4.78 is 0. The van der Waals surface area contributed by atoms with Gasteiger partial charge in [-0.3, -0.25) is 4.98 Å². The van der Waals surface area contributed by atoms with Crippen LogP contribution >= 0.6 is 11.3 Å². The second kappa shape index (κ2) is 3.80. The summed E-state index contributed by atoms with van der Waals surface area (Å²) in [5.41, 5.74) is 10.9. The number of nitrogen functional groups attached to an aromatic ring is 1. The molecule has 1 heterocycles. The smallest absolute Gasteiger partial charge is 0.0794 e. The van der Waals surface area contributed by atoms with Crippen molar-refractivity contribution in [3.8, 4) is 0 Å². The van der Waals surface area contributed by atoms with E-state index in [-0.39, 0.29) is 0 Å². The molecule has 0 unspecified atom stereocenters.